The summed E-state index contributed by atoms with van der Waals surface area (Å²) in [6.07, 6.45) is 0. The topological polar surface area (TPSA) is 52.6 Å². The van der Waals surface area contributed by atoms with Crippen LogP contribution in [0, 0.1) is 0 Å². The van der Waals surface area contributed by atoms with Gasteiger partial charge in [-0.1, -0.05) is 50.2 Å². The molecule has 4 nitrogen and oxygen atoms in total. The molecule has 0 N–H and O–H groups in total. The van der Waals surface area contributed by atoms with Gasteiger partial charge in [0, 0.05) is 5.41 Å². The van der Waals surface area contributed by atoms with Gasteiger partial charge in [0.15, 0.2) is 0 Å². The van der Waals surface area contributed by atoms with Gasteiger partial charge in [-0.05, 0) is 58.3 Å². The summed E-state index contributed by atoms with van der Waals surface area (Å²) in [4.78, 5) is 25.4. The third-order valence-electron chi connectivity index (χ3n) is 5.02. The molecule has 0 aliphatic heterocycles. The van der Waals surface area contributed by atoms with Gasteiger partial charge in [-0.15, -0.1) is 22.7 Å². The van der Waals surface area contributed by atoms with Crippen LogP contribution in [0.5, 0.6) is 11.5 Å². The van der Waals surface area contributed by atoms with Crippen molar-refractivity contribution in [2.45, 2.75) is 19.3 Å². The first-order valence-electron chi connectivity index (χ1n) is 9.66. The van der Waals surface area contributed by atoms with Crippen LogP contribution in [-0.4, -0.2) is 11.9 Å². The van der Waals surface area contributed by atoms with Gasteiger partial charge in [-0.2, -0.15) is 0 Å². The number of benzene rings is 2. The molecule has 2 aromatic carbocycles. The highest BCUT2D eigenvalue weighted by molar-refractivity contribution is 7.12. The van der Waals surface area contributed by atoms with Crippen molar-refractivity contribution >= 4 is 34.6 Å². The lowest BCUT2D eigenvalue weighted by Crippen LogP contribution is -2.19. The second-order valence-electron chi connectivity index (χ2n) is 7.41. The number of ether oxygens (including phenoxy) is 2. The van der Waals surface area contributed by atoms with Crippen LogP contribution in [0.4, 0.5) is 0 Å². The van der Waals surface area contributed by atoms with Crippen molar-refractivity contribution in [2.24, 2.45) is 0 Å². The van der Waals surface area contributed by atoms with Crippen LogP contribution >= 0.6 is 22.7 Å². The maximum atomic E-state index is 12.1. The largest absolute Gasteiger partial charge is 0.422 e. The minimum atomic E-state index is -0.352. The number of hydrogen-bond donors (Lipinski definition) is 0. The Morgan fingerprint density at radius 2 is 1.03 bits per heavy atom. The third-order valence-corrected chi connectivity index (χ3v) is 6.72. The average Bonchev–Trinajstić information content (AvgIpc) is 3.49. The fraction of sp³-hybridized carbons (Fsp3) is 0.120. The summed E-state index contributed by atoms with van der Waals surface area (Å²) in [7, 11) is 0. The fourth-order valence-electron chi connectivity index (χ4n) is 3.15. The van der Waals surface area contributed by atoms with Gasteiger partial charge in [0.05, 0.1) is 0 Å². The Hall–Kier alpha value is -3.22. The first-order valence-corrected chi connectivity index (χ1v) is 11.4. The number of thiophene rings is 2. The van der Waals surface area contributed by atoms with Gasteiger partial charge in [0.2, 0.25) is 0 Å². The van der Waals surface area contributed by atoms with Crippen LogP contribution in [0.3, 0.4) is 0 Å². The highest BCUT2D eigenvalue weighted by Gasteiger charge is 2.23. The zero-order chi connectivity index (χ0) is 21.8. The van der Waals surface area contributed by atoms with Gasteiger partial charge in [0.25, 0.3) is 0 Å². The molecule has 2 aromatic heterocycles. The van der Waals surface area contributed by atoms with Crippen LogP contribution in [0.2, 0.25) is 0 Å². The van der Waals surface area contributed by atoms with Crippen LogP contribution < -0.4 is 9.47 Å². The van der Waals surface area contributed by atoms with Crippen molar-refractivity contribution in [1.29, 1.82) is 0 Å². The molecule has 156 valence electrons. The molecule has 0 aliphatic rings. The van der Waals surface area contributed by atoms with E-state index in [0.29, 0.717) is 21.3 Å². The van der Waals surface area contributed by atoms with Crippen molar-refractivity contribution in [3.05, 3.63) is 104 Å². The molecule has 0 aliphatic carbocycles. The van der Waals surface area contributed by atoms with Gasteiger partial charge in [-0.3, -0.25) is 0 Å². The van der Waals surface area contributed by atoms with E-state index in [9.17, 15) is 9.59 Å². The van der Waals surface area contributed by atoms with Crippen molar-refractivity contribution in [2.75, 3.05) is 0 Å². The van der Waals surface area contributed by atoms with Gasteiger partial charge >= 0.3 is 11.9 Å². The highest BCUT2D eigenvalue weighted by Crippen LogP contribution is 2.33. The fourth-order valence-corrected chi connectivity index (χ4v) is 4.35. The molecule has 6 heteroatoms. The van der Waals surface area contributed by atoms with E-state index in [-0.39, 0.29) is 17.4 Å². The van der Waals surface area contributed by atoms with Gasteiger partial charge in [0.1, 0.15) is 21.3 Å². The Morgan fingerprint density at radius 1 is 0.645 bits per heavy atom. The van der Waals surface area contributed by atoms with Crippen LogP contribution in [-0.2, 0) is 5.41 Å². The molecule has 2 heterocycles. The molecule has 0 radical (unpaired) electrons. The molecule has 0 spiro atoms. The predicted octanol–water partition coefficient (Wildman–Crippen LogP) is 6.57. The Labute approximate surface area is 188 Å². The summed E-state index contributed by atoms with van der Waals surface area (Å²) in [5.74, 6) is 0.312. The molecule has 0 atom stereocenters. The second-order valence-corrected chi connectivity index (χ2v) is 9.30. The minimum absolute atomic E-state index is 0.285. The Balaban J connectivity index is 1.45. The van der Waals surface area contributed by atoms with Crippen LogP contribution in [0.25, 0.3) is 0 Å². The van der Waals surface area contributed by atoms with E-state index in [4.69, 9.17) is 9.47 Å². The molecule has 0 amide bonds. The molecule has 31 heavy (non-hydrogen) atoms. The predicted molar refractivity (Wildman–Crippen MR) is 124 cm³/mol. The first kappa shape index (κ1) is 21.0. The molecule has 4 rings (SSSR count). The van der Waals surface area contributed by atoms with Crippen LogP contribution in [0.1, 0.15) is 44.3 Å². The van der Waals surface area contributed by atoms with Crippen molar-refractivity contribution in [1.82, 2.24) is 0 Å². The monoisotopic (exact) mass is 448 g/mol. The minimum Gasteiger partial charge on any atom is -0.422 e. The zero-order valence-electron chi connectivity index (χ0n) is 17.0. The number of carbonyl (C=O) groups excluding carboxylic acids is 2. The summed E-state index contributed by atoms with van der Waals surface area (Å²) >= 11 is 2.71. The third kappa shape index (κ3) is 4.76. The van der Waals surface area contributed by atoms with Gasteiger partial charge < -0.3 is 9.47 Å². The summed E-state index contributed by atoms with van der Waals surface area (Å²) in [6.45, 7) is 4.23. The molecular formula is C25H20O4S2. The van der Waals surface area contributed by atoms with Crippen LogP contribution in [0.15, 0.2) is 83.6 Å². The quantitative estimate of drug-likeness (QED) is 0.247. The smallest absolute Gasteiger partial charge is 0.353 e. The van der Waals surface area contributed by atoms with Crippen molar-refractivity contribution < 1.29 is 19.1 Å². The van der Waals surface area contributed by atoms with E-state index in [0.717, 1.165) is 11.1 Å². The molecule has 0 saturated heterocycles. The van der Waals surface area contributed by atoms with Crippen molar-refractivity contribution in [3.63, 3.8) is 0 Å². The molecule has 4 aromatic rings. The standard InChI is InChI=1S/C25H20O4S2/c1-25(2,17-7-11-19(12-8-17)28-23(26)21-5-3-15-30-21)18-9-13-20(14-10-18)29-24(27)22-6-4-16-31-22/h3-16H,1-2H3. The summed E-state index contributed by atoms with van der Waals surface area (Å²) in [5.41, 5.74) is 1.87. The molecule has 0 bridgehead atoms. The summed E-state index contributed by atoms with van der Waals surface area (Å²) in [6, 6.07) is 22.2. The lowest BCUT2D eigenvalue weighted by atomic mass is 9.78. The van der Waals surface area contributed by atoms with E-state index >= 15 is 0 Å². The van der Waals surface area contributed by atoms with E-state index in [1.807, 2.05) is 47.2 Å². The molecule has 0 unspecified atom stereocenters. The van der Waals surface area contributed by atoms with E-state index in [1.165, 1.54) is 22.7 Å². The number of hydrogen-bond acceptors (Lipinski definition) is 6. The average molecular weight is 449 g/mol. The van der Waals surface area contributed by atoms with E-state index in [1.54, 1.807) is 36.4 Å². The van der Waals surface area contributed by atoms with Crippen molar-refractivity contribution in [3.8, 4) is 11.5 Å². The Kier molecular flexibility index (Phi) is 6.02. The second kappa shape index (κ2) is 8.88. The molecule has 0 fully saturated rings. The number of rotatable bonds is 6. The van der Waals surface area contributed by atoms with E-state index < -0.39 is 0 Å². The first-order chi connectivity index (χ1) is 14.9. The van der Waals surface area contributed by atoms with Gasteiger partial charge in [-0.25, -0.2) is 9.59 Å². The summed E-state index contributed by atoms with van der Waals surface area (Å²) < 4.78 is 10.9. The summed E-state index contributed by atoms with van der Waals surface area (Å²) in [5, 5.41) is 3.69. The molecular weight excluding hydrogens is 428 g/mol. The molecule has 0 saturated carbocycles. The highest BCUT2D eigenvalue weighted by atomic mass is 32.1. The maximum Gasteiger partial charge on any atom is 0.353 e. The normalized spacial score (nSPS) is 11.2. The number of carbonyl (C=O) groups is 2. The SMILES string of the molecule is CC(C)(c1ccc(OC(=O)c2cccs2)cc1)c1ccc(OC(=O)c2cccs2)cc1. The zero-order valence-corrected chi connectivity index (χ0v) is 18.7. The Bertz CT molecular complexity index is 1060. The lowest BCUT2D eigenvalue weighted by molar-refractivity contribution is 0.0730. The lowest BCUT2D eigenvalue weighted by Gasteiger charge is -2.26. The number of esters is 2. The van der Waals surface area contributed by atoms with E-state index in [2.05, 4.69) is 13.8 Å². The maximum absolute atomic E-state index is 12.1. The Morgan fingerprint density at radius 3 is 1.35 bits per heavy atom.